The van der Waals surface area contributed by atoms with Crippen LogP contribution < -0.4 is 0 Å². The van der Waals surface area contributed by atoms with E-state index in [2.05, 4.69) is 26.4 Å². The highest BCUT2D eigenvalue weighted by Crippen LogP contribution is 2.30. The van der Waals surface area contributed by atoms with Crippen LogP contribution in [0.1, 0.15) is 31.8 Å². The fourth-order valence-corrected chi connectivity index (χ4v) is 3.04. The van der Waals surface area contributed by atoms with E-state index >= 15 is 0 Å². The third-order valence-corrected chi connectivity index (χ3v) is 3.89. The van der Waals surface area contributed by atoms with Crippen molar-refractivity contribution in [1.29, 1.82) is 0 Å². The molecular weight excluding hydrogens is 240 g/mol. The zero-order chi connectivity index (χ0) is 13.2. The van der Waals surface area contributed by atoms with Crippen LogP contribution in [0.2, 0.25) is 0 Å². The molecular formula is C14H20N4O. The van der Waals surface area contributed by atoms with E-state index in [1.807, 2.05) is 18.3 Å². The van der Waals surface area contributed by atoms with Gasteiger partial charge in [0.15, 0.2) is 5.65 Å². The minimum Gasteiger partial charge on any atom is -0.396 e. The number of likely N-dealkylation sites (tertiary alicyclic amines) is 1. The fraction of sp³-hybridized carbons (Fsp3) is 0.571. The second kappa shape index (κ2) is 5.27. The van der Waals surface area contributed by atoms with Crippen molar-refractivity contribution in [2.75, 3.05) is 19.7 Å². The van der Waals surface area contributed by atoms with Crippen LogP contribution in [0.15, 0.2) is 18.3 Å². The number of fused-ring (bicyclic) bond motifs is 1. The highest BCUT2D eigenvalue weighted by molar-refractivity contribution is 5.71. The molecule has 5 heteroatoms. The zero-order valence-electron chi connectivity index (χ0n) is 11.3. The van der Waals surface area contributed by atoms with Gasteiger partial charge in [0.05, 0.1) is 12.8 Å². The van der Waals surface area contributed by atoms with Crippen molar-refractivity contribution in [3.63, 3.8) is 0 Å². The summed E-state index contributed by atoms with van der Waals surface area (Å²) in [6.45, 7) is 4.49. The van der Waals surface area contributed by atoms with Crippen molar-refractivity contribution in [3.8, 4) is 0 Å². The van der Waals surface area contributed by atoms with E-state index in [9.17, 15) is 5.11 Å². The largest absolute Gasteiger partial charge is 0.396 e. The van der Waals surface area contributed by atoms with Gasteiger partial charge >= 0.3 is 0 Å². The molecule has 2 aromatic heterocycles. The summed E-state index contributed by atoms with van der Waals surface area (Å²) in [6.07, 6.45) is 5.09. The zero-order valence-corrected chi connectivity index (χ0v) is 11.3. The molecule has 1 saturated heterocycles. The molecule has 19 heavy (non-hydrogen) atoms. The number of aromatic nitrogens is 3. The summed E-state index contributed by atoms with van der Waals surface area (Å²) < 4.78 is 2.22. The van der Waals surface area contributed by atoms with E-state index in [0.29, 0.717) is 12.6 Å². The summed E-state index contributed by atoms with van der Waals surface area (Å²) in [7, 11) is 0. The average molecular weight is 260 g/mol. The van der Waals surface area contributed by atoms with Crippen molar-refractivity contribution in [1.82, 2.24) is 19.4 Å². The van der Waals surface area contributed by atoms with Crippen LogP contribution in [0.25, 0.3) is 11.2 Å². The minimum absolute atomic E-state index is 0.127. The van der Waals surface area contributed by atoms with E-state index in [-0.39, 0.29) is 6.61 Å². The Kier molecular flexibility index (Phi) is 3.48. The van der Waals surface area contributed by atoms with Gasteiger partial charge in [-0.15, -0.1) is 0 Å². The summed E-state index contributed by atoms with van der Waals surface area (Å²) in [5.74, 6) is 0.946. The molecule has 0 spiro atoms. The first-order chi connectivity index (χ1) is 9.35. The molecule has 1 N–H and O–H groups in total. The Labute approximate surface area is 112 Å². The lowest BCUT2D eigenvalue weighted by Gasteiger charge is -2.25. The van der Waals surface area contributed by atoms with Gasteiger partial charge < -0.3 is 5.11 Å². The summed E-state index contributed by atoms with van der Waals surface area (Å²) in [5.41, 5.74) is 1.87. The number of hydrogen-bond donors (Lipinski definition) is 1. The van der Waals surface area contributed by atoms with Gasteiger partial charge in [0.1, 0.15) is 11.3 Å². The van der Waals surface area contributed by atoms with Crippen LogP contribution in [0.4, 0.5) is 0 Å². The molecule has 0 saturated carbocycles. The quantitative estimate of drug-likeness (QED) is 0.907. The summed E-state index contributed by atoms with van der Waals surface area (Å²) in [6, 6.07) is 3.90. The van der Waals surface area contributed by atoms with Gasteiger partial charge in [-0.05, 0) is 31.5 Å². The minimum atomic E-state index is 0.127. The molecule has 0 bridgehead atoms. The second-order valence-corrected chi connectivity index (χ2v) is 4.97. The molecule has 0 aromatic carbocycles. The first-order valence-corrected chi connectivity index (χ1v) is 7.02. The molecule has 102 valence electrons. The molecule has 0 radical (unpaired) electrons. The van der Waals surface area contributed by atoms with Crippen LogP contribution in [-0.4, -0.2) is 44.2 Å². The van der Waals surface area contributed by atoms with Crippen molar-refractivity contribution in [2.45, 2.75) is 32.4 Å². The summed E-state index contributed by atoms with van der Waals surface area (Å²) in [5, 5.41) is 9.25. The maximum Gasteiger partial charge on any atom is 0.161 e. The molecule has 1 atom stereocenters. The first-order valence-electron chi connectivity index (χ1n) is 7.02. The third-order valence-electron chi connectivity index (χ3n) is 3.89. The van der Waals surface area contributed by atoms with Crippen molar-refractivity contribution in [3.05, 3.63) is 24.2 Å². The van der Waals surface area contributed by atoms with Gasteiger partial charge in [0.25, 0.3) is 0 Å². The molecule has 1 fully saturated rings. The van der Waals surface area contributed by atoms with Crippen LogP contribution in [0.3, 0.4) is 0 Å². The van der Waals surface area contributed by atoms with Crippen LogP contribution in [0.5, 0.6) is 0 Å². The van der Waals surface area contributed by atoms with Gasteiger partial charge in [0.2, 0.25) is 0 Å². The summed E-state index contributed by atoms with van der Waals surface area (Å²) in [4.78, 5) is 11.6. The van der Waals surface area contributed by atoms with Crippen LogP contribution >= 0.6 is 0 Å². The van der Waals surface area contributed by atoms with Gasteiger partial charge in [0, 0.05) is 19.2 Å². The predicted octanol–water partition coefficient (Wildman–Crippen LogP) is 1.58. The molecule has 0 aliphatic carbocycles. The number of pyridine rings is 1. The molecule has 1 aliphatic rings. The van der Waals surface area contributed by atoms with E-state index in [1.54, 1.807) is 0 Å². The lowest BCUT2D eigenvalue weighted by molar-refractivity contribution is 0.200. The summed E-state index contributed by atoms with van der Waals surface area (Å²) >= 11 is 0. The Hall–Kier alpha value is -1.46. The van der Waals surface area contributed by atoms with Crippen molar-refractivity contribution >= 4 is 11.2 Å². The topological polar surface area (TPSA) is 54.2 Å². The third kappa shape index (κ3) is 2.13. The molecule has 3 rings (SSSR count). The van der Waals surface area contributed by atoms with Crippen molar-refractivity contribution in [2.24, 2.45) is 0 Å². The number of aliphatic hydroxyl groups is 1. The highest BCUT2D eigenvalue weighted by Gasteiger charge is 2.28. The average Bonchev–Trinajstić information content (AvgIpc) is 3.01. The van der Waals surface area contributed by atoms with E-state index in [1.165, 1.54) is 6.42 Å². The lowest BCUT2D eigenvalue weighted by Crippen LogP contribution is -2.28. The Bertz CT molecular complexity index is 566. The lowest BCUT2D eigenvalue weighted by atomic mass is 10.3. The molecule has 5 nitrogen and oxygen atoms in total. The van der Waals surface area contributed by atoms with E-state index < -0.39 is 0 Å². The Morgan fingerprint density at radius 2 is 2.37 bits per heavy atom. The monoisotopic (exact) mass is 260 g/mol. The first kappa shape index (κ1) is 12.6. The molecule has 0 amide bonds. The number of hydrogen-bond acceptors (Lipinski definition) is 4. The Morgan fingerprint density at radius 1 is 1.47 bits per heavy atom. The number of rotatable bonds is 4. The van der Waals surface area contributed by atoms with Gasteiger partial charge in [-0.3, -0.25) is 9.47 Å². The molecule has 2 aromatic rings. The second-order valence-electron chi connectivity index (χ2n) is 4.97. The smallest absolute Gasteiger partial charge is 0.161 e. The van der Waals surface area contributed by atoms with E-state index in [4.69, 9.17) is 0 Å². The van der Waals surface area contributed by atoms with Crippen molar-refractivity contribution < 1.29 is 5.11 Å². The number of nitrogens with zero attached hydrogens (tertiary/aromatic N) is 4. The fourth-order valence-electron chi connectivity index (χ4n) is 3.04. The highest BCUT2D eigenvalue weighted by atomic mass is 16.3. The molecule has 1 unspecified atom stereocenters. The van der Waals surface area contributed by atoms with Gasteiger partial charge in [-0.25, -0.2) is 9.97 Å². The van der Waals surface area contributed by atoms with Crippen LogP contribution in [-0.2, 0) is 6.42 Å². The standard InChI is InChI=1S/C14H20N4O/c1-2-17-9-4-6-13(17)18-12(7-10-19)16-11-5-3-8-15-14(11)18/h3,5,8,13,19H,2,4,6-7,9-10H2,1H3. The van der Waals surface area contributed by atoms with E-state index in [0.717, 1.165) is 36.5 Å². The van der Waals surface area contributed by atoms with Gasteiger partial charge in [-0.1, -0.05) is 6.92 Å². The number of imidazole rings is 1. The molecule has 1 aliphatic heterocycles. The maximum atomic E-state index is 9.25. The normalized spacial score (nSPS) is 20.4. The number of aliphatic hydroxyl groups excluding tert-OH is 1. The molecule has 3 heterocycles. The van der Waals surface area contributed by atoms with Crippen LogP contribution in [0, 0.1) is 0 Å². The SMILES string of the molecule is CCN1CCCC1n1c(CCO)nc2cccnc21. The maximum absolute atomic E-state index is 9.25. The van der Waals surface area contributed by atoms with Gasteiger partial charge in [-0.2, -0.15) is 0 Å². The Balaban J connectivity index is 2.11. The Morgan fingerprint density at radius 3 is 3.16 bits per heavy atom. The predicted molar refractivity (Wildman–Crippen MR) is 73.8 cm³/mol.